The van der Waals surface area contributed by atoms with E-state index in [1.165, 1.54) is 4.57 Å². The molecule has 2 aromatic carbocycles. The van der Waals surface area contributed by atoms with Crippen molar-refractivity contribution in [3.63, 3.8) is 0 Å². The third-order valence-corrected chi connectivity index (χ3v) is 5.12. The molecule has 0 fully saturated rings. The average molecular weight is 434 g/mol. The van der Waals surface area contributed by atoms with Crippen molar-refractivity contribution in [2.24, 2.45) is 0 Å². The van der Waals surface area contributed by atoms with Gasteiger partial charge in [0.25, 0.3) is 5.56 Å². The van der Waals surface area contributed by atoms with Crippen molar-refractivity contribution in [3.05, 3.63) is 88.3 Å². The molecular weight excluding hydrogens is 418 g/mol. The minimum absolute atomic E-state index is 0.138. The molecule has 31 heavy (non-hydrogen) atoms. The van der Waals surface area contributed by atoms with E-state index in [2.05, 4.69) is 15.2 Å². The standard InChI is InChI=1S/C22H16ClN5O3/c1-30-19-5-3-2-4-16(19)21-24-20(31-26-21)13-27-10-11-28-18(22(27)29)12-17(25-28)14-6-8-15(23)9-7-14/h2-12H,13H2,1H3. The first kappa shape index (κ1) is 19.1. The Kier molecular flexibility index (Phi) is 4.76. The summed E-state index contributed by atoms with van der Waals surface area (Å²) in [5.41, 5.74) is 2.50. The van der Waals surface area contributed by atoms with Gasteiger partial charge in [-0.3, -0.25) is 4.79 Å². The van der Waals surface area contributed by atoms with Gasteiger partial charge in [0.1, 0.15) is 17.8 Å². The summed E-state index contributed by atoms with van der Waals surface area (Å²) in [5, 5.41) is 9.14. The molecule has 0 atom stereocenters. The smallest absolute Gasteiger partial charge is 0.277 e. The van der Waals surface area contributed by atoms with Gasteiger partial charge in [0.15, 0.2) is 0 Å². The number of halogens is 1. The third kappa shape index (κ3) is 3.57. The fourth-order valence-corrected chi connectivity index (χ4v) is 3.44. The minimum Gasteiger partial charge on any atom is -0.496 e. The molecule has 3 aromatic heterocycles. The van der Waals surface area contributed by atoms with Gasteiger partial charge >= 0.3 is 0 Å². The highest BCUT2D eigenvalue weighted by Gasteiger charge is 2.15. The Hall–Kier alpha value is -3.91. The lowest BCUT2D eigenvalue weighted by Gasteiger charge is -2.03. The largest absolute Gasteiger partial charge is 0.496 e. The van der Waals surface area contributed by atoms with Gasteiger partial charge in [-0.15, -0.1) is 0 Å². The van der Waals surface area contributed by atoms with E-state index in [1.54, 1.807) is 42.2 Å². The first-order valence-corrected chi connectivity index (χ1v) is 9.81. The molecule has 0 aliphatic heterocycles. The van der Waals surface area contributed by atoms with Crippen molar-refractivity contribution < 1.29 is 9.26 Å². The molecule has 0 saturated carbocycles. The summed E-state index contributed by atoms with van der Waals surface area (Å²) < 4.78 is 13.8. The summed E-state index contributed by atoms with van der Waals surface area (Å²) in [6.07, 6.45) is 3.36. The molecule has 9 heteroatoms. The highest BCUT2D eigenvalue weighted by molar-refractivity contribution is 6.30. The van der Waals surface area contributed by atoms with E-state index in [0.29, 0.717) is 39.3 Å². The van der Waals surface area contributed by atoms with Crippen LogP contribution in [-0.4, -0.2) is 31.4 Å². The molecule has 0 aliphatic rings. The Balaban J connectivity index is 1.46. The van der Waals surface area contributed by atoms with Crippen LogP contribution in [0.1, 0.15) is 5.89 Å². The predicted molar refractivity (Wildman–Crippen MR) is 115 cm³/mol. The molecule has 0 amide bonds. The summed E-state index contributed by atoms with van der Waals surface area (Å²) in [7, 11) is 1.58. The van der Waals surface area contributed by atoms with E-state index in [0.717, 1.165) is 5.56 Å². The lowest BCUT2D eigenvalue weighted by atomic mass is 10.1. The van der Waals surface area contributed by atoms with Gasteiger partial charge in [-0.05, 0) is 30.3 Å². The summed E-state index contributed by atoms with van der Waals surface area (Å²) >= 11 is 5.95. The Morgan fingerprint density at radius 3 is 2.71 bits per heavy atom. The van der Waals surface area contributed by atoms with Gasteiger partial charge < -0.3 is 13.8 Å². The van der Waals surface area contributed by atoms with Crippen molar-refractivity contribution in [3.8, 4) is 28.4 Å². The van der Waals surface area contributed by atoms with E-state index in [-0.39, 0.29) is 12.1 Å². The van der Waals surface area contributed by atoms with Crippen molar-refractivity contribution in [2.75, 3.05) is 7.11 Å². The molecule has 0 unspecified atom stereocenters. The maximum absolute atomic E-state index is 13.0. The first-order valence-electron chi connectivity index (χ1n) is 9.43. The monoisotopic (exact) mass is 433 g/mol. The Morgan fingerprint density at radius 2 is 1.90 bits per heavy atom. The van der Waals surface area contributed by atoms with E-state index in [1.807, 2.05) is 36.4 Å². The van der Waals surface area contributed by atoms with Crippen LogP contribution in [0.15, 0.2) is 76.3 Å². The van der Waals surface area contributed by atoms with Crippen LogP contribution in [-0.2, 0) is 6.54 Å². The van der Waals surface area contributed by atoms with E-state index in [4.69, 9.17) is 20.9 Å². The minimum atomic E-state index is -0.216. The van der Waals surface area contributed by atoms with Crippen LogP contribution in [0.3, 0.4) is 0 Å². The van der Waals surface area contributed by atoms with Gasteiger partial charge in [0.2, 0.25) is 11.7 Å². The topological polar surface area (TPSA) is 87.5 Å². The summed E-state index contributed by atoms with van der Waals surface area (Å²) in [4.78, 5) is 17.4. The lowest BCUT2D eigenvalue weighted by Crippen LogP contribution is -2.21. The van der Waals surface area contributed by atoms with Gasteiger partial charge in [0, 0.05) is 23.0 Å². The zero-order chi connectivity index (χ0) is 21.4. The van der Waals surface area contributed by atoms with Crippen molar-refractivity contribution in [1.82, 2.24) is 24.3 Å². The molecule has 0 aliphatic carbocycles. The molecular formula is C22H16ClN5O3. The zero-order valence-electron chi connectivity index (χ0n) is 16.4. The zero-order valence-corrected chi connectivity index (χ0v) is 17.2. The number of fused-ring (bicyclic) bond motifs is 1. The van der Waals surface area contributed by atoms with Crippen LogP contribution in [0.25, 0.3) is 28.2 Å². The molecule has 0 saturated heterocycles. The van der Waals surface area contributed by atoms with Crippen molar-refractivity contribution in [2.45, 2.75) is 6.54 Å². The molecule has 8 nitrogen and oxygen atoms in total. The fourth-order valence-electron chi connectivity index (χ4n) is 3.32. The highest BCUT2D eigenvalue weighted by Crippen LogP contribution is 2.27. The molecule has 5 rings (SSSR count). The lowest BCUT2D eigenvalue weighted by molar-refractivity contribution is 0.369. The van der Waals surface area contributed by atoms with Crippen molar-refractivity contribution >= 4 is 17.1 Å². The molecule has 5 aromatic rings. The third-order valence-electron chi connectivity index (χ3n) is 4.87. The number of rotatable bonds is 5. The van der Waals surface area contributed by atoms with E-state index >= 15 is 0 Å². The van der Waals surface area contributed by atoms with Gasteiger partial charge in [0.05, 0.1) is 18.4 Å². The number of ether oxygens (including phenoxy) is 1. The van der Waals surface area contributed by atoms with Crippen LogP contribution in [0, 0.1) is 0 Å². The second kappa shape index (κ2) is 7.73. The predicted octanol–water partition coefficient (Wildman–Crippen LogP) is 3.92. The number of nitrogens with zero attached hydrogens (tertiary/aromatic N) is 5. The normalized spacial score (nSPS) is 11.2. The second-order valence-corrected chi connectivity index (χ2v) is 7.25. The SMILES string of the molecule is COc1ccccc1-c1noc(Cn2ccn3nc(-c4ccc(Cl)cc4)cc3c2=O)n1. The fraction of sp³-hybridized carbons (Fsp3) is 0.0909. The van der Waals surface area contributed by atoms with E-state index in [9.17, 15) is 4.79 Å². The summed E-state index contributed by atoms with van der Waals surface area (Å²) in [6, 6.07) is 16.4. The first-order chi connectivity index (χ1) is 15.1. The van der Waals surface area contributed by atoms with Crippen LogP contribution in [0.4, 0.5) is 0 Å². The summed E-state index contributed by atoms with van der Waals surface area (Å²) in [5.74, 6) is 1.35. The van der Waals surface area contributed by atoms with Crippen LogP contribution in [0.2, 0.25) is 5.02 Å². The Labute approximate surface area is 181 Å². The quantitative estimate of drug-likeness (QED) is 0.417. The molecule has 0 radical (unpaired) electrons. The van der Waals surface area contributed by atoms with Crippen LogP contribution in [0.5, 0.6) is 5.75 Å². The number of hydrogen-bond acceptors (Lipinski definition) is 6. The number of aromatic nitrogens is 5. The average Bonchev–Trinajstić information content (AvgIpc) is 3.44. The maximum atomic E-state index is 13.0. The Morgan fingerprint density at radius 1 is 1.10 bits per heavy atom. The molecule has 0 N–H and O–H groups in total. The maximum Gasteiger partial charge on any atom is 0.277 e. The molecule has 0 spiro atoms. The number of hydrogen-bond donors (Lipinski definition) is 0. The number of methoxy groups -OCH3 is 1. The van der Waals surface area contributed by atoms with Gasteiger partial charge in [-0.1, -0.05) is 41.0 Å². The Bertz CT molecular complexity index is 1440. The second-order valence-electron chi connectivity index (χ2n) is 6.81. The van der Waals surface area contributed by atoms with Crippen LogP contribution >= 0.6 is 11.6 Å². The molecule has 0 bridgehead atoms. The highest BCUT2D eigenvalue weighted by atomic mass is 35.5. The summed E-state index contributed by atoms with van der Waals surface area (Å²) in [6.45, 7) is 0.138. The van der Waals surface area contributed by atoms with E-state index < -0.39 is 0 Å². The van der Waals surface area contributed by atoms with Gasteiger partial charge in [-0.25, -0.2) is 4.52 Å². The van der Waals surface area contributed by atoms with Crippen LogP contribution < -0.4 is 10.3 Å². The molecule has 154 valence electrons. The molecule has 3 heterocycles. The van der Waals surface area contributed by atoms with Gasteiger partial charge in [-0.2, -0.15) is 10.1 Å². The number of para-hydroxylation sites is 1. The van der Waals surface area contributed by atoms with Crippen molar-refractivity contribution in [1.29, 1.82) is 0 Å². The number of benzene rings is 2.